The Bertz CT molecular complexity index is 1370. The van der Waals surface area contributed by atoms with Gasteiger partial charge in [0.1, 0.15) is 24.5 Å². The van der Waals surface area contributed by atoms with Gasteiger partial charge in [-0.2, -0.15) is 8.42 Å². The summed E-state index contributed by atoms with van der Waals surface area (Å²) in [7, 11) is 0.0748. The lowest BCUT2D eigenvalue weighted by molar-refractivity contribution is 0.221. The number of fused-ring (bicyclic) bond motifs is 1. The van der Waals surface area contributed by atoms with Crippen LogP contribution in [0.1, 0.15) is 16.3 Å². The van der Waals surface area contributed by atoms with Crippen molar-refractivity contribution in [3.63, 3.8) is 0 Å². The van der Waals surface area contributed by atoms with E-state index in [2.05, 4.69) is 9.97 Å². The highest BCUT2D eigenvalue weighted by Crippen LogP contribution is 2.25. The van der Waals surface area contributed by atoms with Crippen molar-refractivity contribution in [1.82, 2.24) is 9.97 Å². The normalized spacial score (nSPS) is 12.0. The van der Waals surface area contributed by atoms with Crippen molar-refractivity contribution in [2.24, 2.45) is 0 Å². The first kappa shape index (κ1) is 23.0. The smallest absolute Gasteiger partial charge is 0.297 e. The Morgan fingerprint density at radius 1 is 1.09 bits per heavy atom. The summed E-state index contributed by atoms with van der Waals surface area (Å²) in [5.74, 6) is 0.998. The Hall–Kier alpha value is -3.21. The van der Waals surface area contributed by atoms with Gasteiger partial charge in [0.25, 0.3) is 10.1 Å². The molecule has 4 aromatic rings. The van der Waals surface area contributed by atoms with E-state index < -0.39 is 10.1 Å². The first-order valence-corrected chi connectivity index (χ1v) is 12.3. The molecule has 172 valence electrons. The lowest BCUT2D eigenvalue weighted by Crippen LogP contribution is -2.13. The molecule has 2 heterocycles. The predicted molar refractivity (Wildman–Crippen MR) is 129 cm³/mol. The van der Waals surface area contributed by atoms with Crippen LogP contribution in [0.2, 0.25) is 0 Å². The van der Waals surface area contributed by atoms with E-state index in [0.29, 0.717) is 22.7 Å². The molecule has 0 aliphatic rings. The molecule has 0 spiro atoms. The fourth-order valence-electron chi connectivity index (χ4n) is 2.87. The van der Waals surface area contributed by atoms with Crippen LogP contribution in [-0.4, -0.2) is 45.7 Å². The van der Waals surface area contributed by atoms with E-state index in [4.69, 9.17) is 13.3 Å². The van der Waals surface area contributed by atoms with E-state index in [0.717, 1.165) is 15.6 Å². The molecule has 0 aliphatic heterocycles. The van der Waals surface area contributed by atoms with Crippen LogP contribution in [0.25, 0.3) is 23.3 Å². The minimum atomic E-state index is -3.82. The third kappa shape index (κ3) is 5.78. The molecule has 0 unspecified atom stereocenters. The first-order chi connectivity index (χ1) is 15.8. The summed E-state index contributed by atoms with van der Waals surface area (Å²) in [5, 5.41) is 0.921. The van der Waals surface area contributed by atoms with E-state index in [9.17, 15) is 8.42 Å². The predicted octanol–water partition coefficient (Wildman–Crippen LogP) is 4.61. The molecule has 0 saturated carbocycles. The lowest BCUT2D eigenvalue weighted by atomic mass is 10.2. The molecule has 0 amide bonds. The number of hydrogen-bond donors (Lipinski definition) is 0. The summed E-state index contributed by atoms with van der Waals surface area (Å²) in [6.07, 6.45) is 5.49. The molecule has 0 bridgehead atoms. The van der Waals surface area contributed by atoms with Gasteiger partial charge in [-0.3, -0.25) is 4.18 Å². The fourth-order valence-corrected chi connectivity index (χ4v) is 4.51. The van der Waals surface area contributed by atoms with Crippen molar-refractivity contribution < 1.29 is 21.8 Å². The third-order valence-electron chi connectivity index (χ3n) is 4.56. The zero-order valence-electron chi connectivity index (χ0n) is 18.4. The van der Waals surface area contributed by atoms with Crippen molar-refractivity contribution in [2.75, 3.05) is 32.2 Å². The van der Waals surface area contributed by atoms with Crippen molar-refractivity contribution in [3.05, 3.63) is 65.0 Å². The van der Waals surface area contributed by atoms with E-state index in [1.807, 2.05) is 32.0 Å². The van der Waals surface area contributed by atoms with E-state index in [1.165, 1.54) is 12.1 Å². The topological polar surface area (TPSA) is 94.8 Å². The number of benzene rings is 2. The van der Waals surface area contributed by atoms with Gasteiger partial charge in [-0.15, -0.1) is 0 Å². The van der Waals surface area contributed by atoms with E-state index >= 15 is 0 Å². The Morgan fingerprint density at radius 3 is 2.61 bits per heavy atom. The number of ether oxygens (including phenoxy) is 1. The minimum absolute atomic E-state index is 0.0665. The standard InChI is InChI=1S/C23H23N3O5S2/c1-16-4-8-19(9-5-16)33(27,28)30-13-12-29-17-6-10-20-21(14-17)31-22(25-20)11-7-18-15-24-23(32-18)26(2)3/h4-11,14-15H,12-13H2,1-3H3. The lowest BCUT2D eigenvalue weighted by Gasteiger charge is -2.08. The average Bonchev–Trinajstić information content (AvgIpc) is 3.42. The quantitative estimate of drug-likeness (QED) is 0.250. The van der Waals surface area contributed by atoms with Crippen molar-refractivity contribution in [1.29, 1.82) is 0 Å². The highest BCUT2D eigenvalue weighted by Gasteiger charge is 2.14. The number of anilines is 1. The average molecular weight is 486 g/mol. The van der Waals surface area contributed by atoms with Crippen LogP contribution < -0.4 is 9.64 Å². The van der Waals surface area contributed by atoms with Gasteiger partial charge >= 0.3 is 0 Å². The second kappa shape index (κ2) is 9.74. The summed E-state index contributed by atoms with van der Waals surface area (Å²) >= 11 is 1.57. The van der Waals surface area contributed by atoms with Crippen LogP contribution in [0.5, 0.6) is 5.75 Å². The number of aromatic nitrogens is 2. The van der Waals surface area contributed by atoms with E-state index in [-0.39, 0.29) is 18.1 Å². The largest absolute Gasteiger partial charge is 0.491 e. The Balaban J connectivity index is 1.34. The fraction of sp³-hybridized carbons (Fsp3) is 0.217. The molecule has 0 N–H and O–H groups in total. The zero-order chi connectivity index (χ0) is 23.4. The summed E-state index contributed by atoms with van der Waals surface area (Å²) < 4.78 is 40.9. The van der Waals surface area contributed by atoms with E-state index in [1.54, 1.807) is 53.9 Å². The molecular formula is C23H23N3O5S2. The summed E-state index contributed by atoms with van der Waals surface area (Å²) in [4.78, 5) is 11.8. The Morgan fingerprint density at radius 2 is 1.88 bits per heavy atom. The van der Waals surface area contributed by atoms with Gasteiger partial charge in [0, 0.05) is 37.3 Å². The minimum Gasteiger partial charge on any atom is -0.491 e. The zero-order valence-corrected chi connectivity index (χ0v) is 20.0. The van der Waals surface area contributed by atoms with Gasteiger partial charge in [0.15, 0.2) is 10.7 Å². The van der Waals surface area contributed by atoms with Gasteiger partial charge in [-0.05, 0) is 37.3 Å². The maximum atomic E-state index is 12.2. The van der Waals surface area contributed by atoms with Crippen LogP contribution in [0.15, 0.2) is 58.0 Å². The second-order valence-corrected chi connectivity index (χ2v) is 10.0. The molecule has 0 fully saturated rings. The monoisotopic (exact) mass is 485 g/mol. The van der Waals surface area contributed by atoms with Gasteiger partial charge in [-0.25, -0.2) is 9.97 Å². The first-order valence-electron chi connectivity index (χ1n) is 10.1. The second-order valence-electron chi connectivity index (χ2n) is 7.39. The molecule has 2 aromatic carbocycles. The number of aryl methyl sites for hydroxylation is 1. The van der Waals surface area contributed by atoms with Gasteiger partial charge in [0.2, 0.25) is 5.89 Å². The molecule has 2 aromatic heterocycles. The number of rotatable bonds is 9. The van der Waals surface area contributed by atoms with Crippen molar-refractivity contribution in [3.8, 4) is 5.75 Å². The van der Waals surface area contributed by atoms with Crippen LogP contribution in [0.4, 0.5) is 5.13 Å². The molecule has 0 saturated heterocycles. The van der Waals surface area contributed by atoms with Gasteiger partial charge < -0.3 is 14.1 Å². The number of oxazole rings is 1. The van der Waals surface area contributed by atoms with Gasteiger partial charge in [-0.1, -0.05) is 29.0 Å². The summed E-state index contributed by atoms with van der Waals surface area (Å²) in [6.45, 7) is 1.84. The molecule has 0 aliphatic carbocycles. The number of hydrogen-bond acceptors (Lipinski definition) is 9. The van der Waals surface area contributed by atoms with Crippen LogP contribution >= 0.6 is 11.3 Å². The molecule has 10 heteroatoms. The Kier molecular flexibility index (Phi) is 6.77. The molecule has 4 rings (SSSR count). The molecular weight excluding hydrogens is 462 g/mol. The molecule has 0 atom stereocenters. The maximum absolute atomic E-state index is 12.2. The molecule has 33 heavy (non-hydrogen) atoms. The van der Waals surface area contributed by atoms with Crippen LogP contribution in [0.3, 0.4) is 0 Å². The molecule has 0 radical (unpaired) electrons. The maximum Gasteiger partial charge on any atom is 0.297 e. The SMILES string of the molecule is Cc1ccc(S(=O)(=O)OCCOc2ccc3nc(C=Cc4cnc(N(C)C)s4)oc3c2)cc1. The highest BCUT2D eigenvalue weighted by atomic mass is 32.2. The molecule has 8 nitrogen and oxygen atoms in total. The third-order valence-corrected chi connectivity index (χ3v) is 7.02. The van der Waals surface area contributed by atoms with Crippen molar-refractivity contribution >= 4 is 49.8 Å². The number of thiazole rings is 1. The van der Waals surface area contributed by atoms with Crippen LogP contribution in [0, 0.1) is 6.92 Å². The summed E-state index contributed by atoms with van der Waals surface area (Å²) in [6, 6.07) is 11.7. The number of nitrogens with zero attached hydrogens (tertiary/aromatic N) is 3. The summed E-state index contributed by atoms with van der Waals surface area (Å²) in [5.41, 5.74) is 2.23. The van der Waals surface area contributed by atoms with Crippen molar-refractivity contribution in [2.45, 2.75) is 11.8 Å². The van der Waals surface area contributed by atoms with Gasteiger partial charge in [0.05, 0.1) is 4.90 Å². The van der Waals surface area contributed by atoms with Crippen LogP contribution in [-0.2, 0) is 14.3 Å². The Labute approximate surface area is 196 Å². The highest BCUT2D eigenvalue weighted by molar-refractivity contribution is 7.86.